The van der Waals surface area contributed by atoms with Gasteiger partial charge in [0.25, 0.3) is 0 Å². The molecule has 1 unspecified atom stereocenters. The van der Waals surface area contributed by atoms with Crippen LogP contribution in [0, 0.1) is 5.82 Å². The molecule has 1 fully saturated rings. The van der Waals surface area contributed by atoms with Gasteiger partial charge in [-0.15, -0.1) is 0 Å². The molecular weight excluding hydrogens is 233 g/mol. The van der Waals surface area contributed by atoms with Gasteiger partial charge in [0.2, 0.25) is 5.91 Å². The molecule has 1 atom stereocenters. The van der Waals surface area contributed by atoms with Crippen molar-refractivity contribution in [3.8, 4) is 0 Å². The van der Waals surface area contributed by atoms with Crippen molar-refractivity contribution < 1.29 is 9.18 Å². The van der Waals surface area contributed by atoms with Crippen molar-refractivity contribution in [1.82, 2.24) is 4.90 Å². The van der Waals surface area contributed by atoms with Crippen molar-refractivity contribution in [2.45, 2.75) is 32.0 Å². The molecule has 0 spiro atoms. The molecule has 98 valence electrons. The predicted molar refractivity (Wildman–Crippen MR) is 66.9 cm³/mol. The van der Waals surface area contributed by atoms with Crippen LogP contribution >= 0.6 is 0 Å². The Labute approximate surface area is 106 Å². The van der Waals surface area contributed by atoms with E-state index in [4.69, 9.17) is 11.5 Å². The summed E-state index contributed by atoms with van der Waals surface area (Å²) in [6.45, 7) is 1.67. The number of carbonyl (C=O) groups is 1. The first-order valence-electron chi connectivity index (χ1n) is 6.12. The van der Waals surface area contributed by atoms with E-state index in [1.807, 2.05) is 11.0 Å². The summed E-state index contributed by atoms with van der Waals surface area (Å²) in [6, 6.07) is 4.56. The SMILES string of the molecule is NCc1cc(F)cc(CN2CCCC2C(N)=O)c1. The molecule has 0 radical (unpaired) electrons. The zero-order valence-electron chi connectivity index (χ0n) is 10.2. The molecule has 1 aromatic carbocycles. The largest absolute Gasteiger partial charge is 0.368 e. The molecule has 4 N–H and O–H groups in total. The second-order valence-corrected chi connectivity index (χ2v) is 4.70. The van der Waals surface area contributed by atoms with Gasteiger partial charge in [-0.3, -0.25) is 9.69 Å². The van der Waals surface area contributed by atoms with Crippen LogP contribution in [0.1, 0.15) is 24.0 Å². The van der Waals surface area contributed by atoms with Crippen LogP contribution in [-0.2, 0) is 17.9 Å². The van der Waals surface area contributed by atoms with Gasteiger partial charge in [0.1, 0.15) is 5.82 Å². The molecule has 1 saturated heterocycles. The lowest BCUT2D eigenvalue weighted by molar-refractivity contribution is -0.122. The Morgan fingerprint density at radius 1 is 1.39 bits per heavy atom. The van der Waals surface area contributed by atoms with Gasteiger partial charge in [-0.25, -0.2) is 4.39 Å². The van der Waals surface area contributed by atoms with Crippen molar-refractivity contribution in [2.24, 2.45) is 11.5 Å². The number of rotatable bonds is 4. The van der Waals surface area contributed by atoms with Gasteiger partial charge < -0.3 is 11.5 Å². The lowest BCUT2D eigenvalue weighted by Crippen LogP contribution is -2.39. The first kappa shape index (κ1) is 13.0. The summed E-state index contributed by atoms with van der Waals surface area (Å²) in [5.74, 6) is -0.592. The number of hydrogen-bond acceptors (Lipinski definition) is 3. The molecule has 1 amide bonds. The van der Waals surface area contributed by atoms with Crippen molar-refractivity contribution in [2.75, 3.05) is 6.54 Å². The van der Waals surface area contributed by atoms with E-state index in [9.17, 15) is 9.18 Å². The Hall–Kier alpha value is -1.46. The Kier molecular flexibility index (Phi) is 3.93. The zero-order valence-corrected chi connectivity index (χ0v) is 10.2. The summed E-state index contributed by atoms with van der Waals surface area (Å²) < 4.78 is 13.4. The maximum atomic E-state index is 13.4. The number of amides is 1. The molecule has 0 saturated carbocycles. The number of benzene rings is 1. The molecule has 1 aromatic rings. The first-order valence-corrected chi connectivity index (χ1v) is 6.12. The van der Waals surface area contributed by atoms with E-state index in [-0.39, 0.29) is 17.8 Å². The van der Waals surface area contributed by atoms with Gasteiger partial charge in [0.05, 0.1) is 6.04 Å². The molecule has 1 aliphatic rings. The van der Waals surface area contributed by atoms with Gasteiger partial charge >= 0.3 is 0 Å². The Balaban J connectivity index is 2.13. The number of hydrogen-bond donors (Lipinski definition) is 2. The summed E-state index contributed by atoms with van der Waals surface area (Å²) in [6.07, 6.45) is 1.74. The second kappa shape index (κ2) is 5.46. The van der Waals surface area contributed by atoms with Crippen molar-refractivity contribution >= 4 is 5.91 Å². The Morgan fingerprint density at radius 2 is 2.11 bits per heavy atom. The molecule has 1 aliphatic heterocycles. The highest BCUT2D eigenvalue weighted by Crippen LogP contribution is 2.20. The maximum absolute atomic E-state index is 13.4. The van der Waals surface area contributed by atoms with Crippen LogP contribution in [0.2, 0.25) is 0 Å². The molecule has 0 aromatic heterocycles. The summed E-state index contributed by atoms with van der Waals surface area (Å²) in [7, 11) is 0. The maximum Gasteiger partial charge on any atom is 0.234 e. The van der Waals surface area contributed by atoms with Crippen LogP contribution in [0.25, 0.3) is 0 Å². The molecule has 0 aliphatic carbocycles. The molecule has 2 rings (SSSR count). The third kappa shape index (κ3) is 2.86. The number of nitrogens with two attached hydrogens (primary N) is 2. The van der Waals surface area contributed by atoms with Crippen LogP contribution < -0.4 is 11.5 Å². The van der Waals surface area contributed by atoms with E-state index in [1.54, 1.807) is 0 Å². The van der Waals surface area contributed by atoms with E-state index < -0.39 is 0 Å². The van der Waals surface area contributed by atoms with Gasteiger partial charge in [-0.2, -0.15) is 0 Å². The van der Waals surface area contributed by atoms with E-state index in [1.165, 1.54) is 12.1 Å². The van der Waals surface area contributed by atoms with Crippen LogP contribution in [-0.4, -0.2) is 23.4 Å². The van der Waals surface area contributed by atoms with Crippen LogP contribution in [0.3, 0.4) is 0 Å². The molecule has 4 nitrogen and oxygen atoms in total. The van der Waals surface area contributed by atoms with Crippen LogP contribution in [0.4, 0.5) is 4.39 Å². The van der Waals surface area contributed by atoms with Crippen molar-refractivity contribution in [3.63, 3.8) is 0 Å². The van der Waals surface area contributed by atoms with Gasteiger partial charge in [0.15, 0.2) is 0 Å². The number of nitrogens with zero attached hydrogens (tertiary/aromatic N) is 1. The fourth-order valence-electron chi connectivity index (χ4n) is 2.50. The molecule has 18 heavy (non-hydrogen) atoms. The standard InChI is InChI=1S/C13H18FN3O/c14-11-5-9(7-15)4-10(6-11)8-17-3-1-2-12(17)13(16)18/h4-6,12H,1-3,7-8,15H2,(H2,16,18). The lowest BCUT2D eigenvalue weighted by Gasteiger charge is -2.22. The number of halogens is 1. The van der Waals surface area contributed by atoms with E-state index in [0.717, 1.165) is 30.5 Å². The smallest absolute Gasteiger partial charge is 0.234 e. The minimum atomic E-state index is -0.303. The topological polar surface area (TPSA) is 72.3 Å². The number of primary amides is 1. The molecule has 1 heterocycles. The fourth-order valence-corrected chi connectivity index (χ4v) is 2.50. The minimum Gasteiger partial charge on any atom is -0.368 e. The summed E-state index contributed by atoms with van der Waals surface area (Å²) >= 11 is 0. The highest BCUT2D eigenvalue weighted by Gasteiger charge is 2.28. The average Bonchev–Trinajstić information content (AvgIpc) is 2.76. The monoisotopic (exact) mass is 251 g/mol. The predicted octanol–water partition coefficient (Wildman–Crippen LogP) is 0.734. The van der Waals surface area contributed by atoms with Gasteiger partial charge in [0, 0.05) is 13.1 Å². The molecule has 5 heteroatoms. The quantitative estimate of drug-likeness (QED) is 0.828. The average molecular weight is 251 g/mol. The molecule has 0 bridgehead atoms. The fraction of sp³-hybridized carbons (Fsp3) is 0.462. The van der Waals surface area contributed by atoms with Crippen molar-refractivity contribution in [3.05, 3.63) is 35.1 Å². The van der Waals surface area contributed by atoms with E-state index in [0.29, 0.717) is 13.1 Å². The highest BCUT2D eigenvalue weighted by atomic mass is 19.1. The Morgan fingerprint density at radius 3 is 2.78 bits per heavy atom. The summed E-state index contributed by atoms with van der Waals surface area (Å²) in [5.41, 5.74) is 12.5. The first-order chi connectivity index (χ1) is 8.60. The zero-order chi connectivity index (χ0) is 13.1. The normalized spacial score (nSPS) is 20.2. The number of likely N-dealkylation sites (tertiary alicyclic amines) is 1. The number of carbonyl (C=O) groups excluding carboxylic acids is 1. The summed E-state index contributed by atoms with van der Waals surface area (Å²) in [4.78, 5) is 13.3. The third-order valence-corrected chi connectivity index (χ3v) is 3.33. The third-order valence-electron chi connectivity index (χ3n) is 3.33. The van der Waals surface area contributed by atoms with Gasteiger partial charge in [-0.1, -0.05) is 6.07 Å². The molecular formula is C13H18FN3O. The van der Waals surface area contributed by atoms with E-state index >= 15 is 0 Å². The van der Waals surface area contributed by atoms with Crippen LogP contribution in [0.5, 0.6) is 0 Å². The lowest BCUT2D eigenvalue weighted by atomic mass is 10.1. The van der Waals surface area contributed by atoms with Crippen molar-refractivity contribution in [1.29, 1.82) is 0 Å². The highest BCUT2D eigenvalue weighted by molar-refractivity contribution is 5.80. The summed E-state index contributed by atoms with van der Waals surface area (Å²) in [5, 5.41) is 0. The van der Waals surface area contributed by atoms with Gasteiger partial charge in [-0.05, 0) is 42.6 Å². The van der Waals surface area contributed by atoms with E-state index in [2.05, 4.69) is 0 Å². The Bertz CT molecular complexity index is 450. The second-order valence-electron chi connectivity index (χ2n) is 4.70. The minimum absolute atomic E-state index is 0.227. The van der Waals surface area contributed by atoms with Crippen LogP contribution in [0.15, 0.2) is 18.2 Å².